The molecule has 2 aromatic heterocycles. The van der Waals surface area contributed by atoms with Crippen molar-refractivity contribution in [2.75, 3.05) is 32.3 Å². The van der Waals surface area contributed by atoms with Crippen molar-refractivity contribution in [3.05, 3.63) is 40.9 Å². The summed E-state index contributed by atoms with van der Waals surface area (Å²) in [6, 6.07) is 6.68. The Labute approximate surface area is 180 Å². The number of fused-ring (bicyclic) bond motifs is 1. The molecule has 2 N–H and O–H groups in total. The smallest absolute Gasteiger partial charge is 0.264 e. The average Bonchev–Trinajstić information content (AvgIpc) is 2.72. The molecule has 2 heterocycles. The predicted molar refractivity (Wildman–Crippen MR) is 119 cm³/mol. The summed E-state index contributed by atoms with van der Waals surface area (Å²) in [6.45, 7) is 1.94. The summed E-state index contributed by atoms with van der Waals surface area (Å²) in [7, 11) is 1.34. The van der Waals surface area contributed by atoms with Crippen molar-refractivity contribution in [3.63, 3.8) is 0 Å². The fourth-order valence-corrected chi connectivity index (χ4v) is 3.96. The molecule has 0 fully saturated rings. The van der Waals surface area contributed by atoms with E-state index in [1.54, 1.807) is 46.4 Å². The van der Waals surface area contributed by atoms with E-state index in [-0.39, 0.29) is 12.1 Å². The molecular weight excluding hydrogens is 422 g/mol. The van der Waals surface area contributed by atoms with Crippen molar-refractivity contribution in [1.82, 2.24) is 19.3 Å². The van der Waals surface area contributed by atoms with Crippen LogP contribution in [0.15, 0.2) is 35.4 Å². The lowest BCUT2D eigenvalue weighted by molar-refractivity contribution is 0.355. The monoisotopic (exact) mass is 447 g/mol. The quantitative estimate of drug-likeness (QED) is 0.530. The van der Waals surface area contributed by atoms with Gasteiger partial charge in [-0.3, -0.25) is 4.79 Å². The molecule has 0 saturated heterocycles. The molecule has 0 bridgehead atoms. The topological polar surface area (TPSA) is 124 Å². The Morgan fingerprint density at radius 2 is 1.87 bits per heavy atom. The second-order valence-corrected chi connectivity index (χ2v) is 8.93. The van der Waals surface area contributed by atoms with Crippen LogP contribution in [-0.2, 0) is 17.1 Å². The molecule has 0 saturated carbocycles. The first-order valence-corrected chi connectivity index (χ1v) is 11.3. The van der Waals surface area contributed by atoms with E-state index >= 15 is 0 Å². The first-order valence-electron chi connectivity index (χ1n) is 9.43. The van der Waals surface area contributed by atoms with Crippen LogP contribution in [0.25, 0.3) is 22.2 Å². The number of nitrogens with zero attached hydrogens (tertiary/aromatic N) is 3. The van der Waals surface area contributed by atoms with Crippen LogP contribution in [0.2, 0.25) is 0 Å². The summed E-state index contributed by atoms with van der Waals surface area (Å²) in [4.78, 5) is 21.8. The Bertz CT molecular complexity index is 1270. The summed E-state index contributed by atoms with van der Waals surface area (Å²) >= 11 is 0. The number of sulfonamides is 1. The van der Waals surface area contributed by atoms with Crippen LogP contribution >= 0.6 is 0 Å². The van der Waals surface area contributed by atoms with Crippen LogP contribution in [0.1, 0.15) is 6.92 Å². The average molecular weight is 448 g/mol. The van der Waals surface area contributed by atoms with Gasteiger partial charge >= 0.3 is 0 Å². The zero-order chi connectivity index (χ0) is 22.8. The van der Waals surface area contributed by atoms with Crippen LogP contribution in [-0.4, -0.2) is 56.0 Å². The van der Waals surface area contributed by atoms with E-state index in [9.17, 15) is 13.2 Å². The van der Waals surface area contributed by atoms with Crippen molar-refractivity contribution < 1.29 is 17.9 Å². The molecule has 1 atom stereocenters. The Hall–Kier alpha value is -3.18. The molecule has 0 aliphatic carbocycles. The molecule has 0 aliphatic heterocycles. The van der Waals surface area contributed by atoms with Gasteiger partial charge in [0.25, 0.3) is 5.56 Å². The molecule has 1 unspecified atom stereocenters. The van der Waals surface area contributed by atoms with E-state index < -0.39 is 16.1 Å². The third kappa shape index (κ3) is 5.12. The van der Waals surface area contributed by atoms with Gasteiger partial charge in [0.15, 0.2) is 11.5 Å². The highest BCUT2D eigenvalue weighted by Crippen LogP contribution is 2.33. The fraction of sp³-hybridized carbons (Fsp3) is 0.350. The summed E-state index contributed by atoms with van der Waals surface area (Å²) in [6.07, 6.45) is 2.54. The van der Waals surface area contributed by atoms with E-state index in [1.165, 1.54) is 10.9 Å². The van der Waals surface area contributed by atoms with Gasteiger partial charge in [0, 0.05) is 25.2 Å². The van der Waals surface area contributed by atoms with Crippen molar-refractivity contribution in [2.24, 2.45) is 7.05 Å². The standard InChI is InChI=1S/C20H25N5O5S/c1-12(24-31(5,27)28)10-21-19-18-15(22-11-25(2)20(18)26)9-14(23-19)13-6-7-16(29-3)17(8-13)30-4/h6-9,11-12,24H,10H2,1-5H3,(H,21,23). The highest BCUT2D eigenvalue weighted by molar-refractivity contribution is 7.88. The maximum Gasteiger partial charge on any atom is 0.264 e. The highest BCUT2D eigenvalue weighted by Gasteiger charge is 2.16. The van der Waals surface area contributed by atoms with Gasteiger partial charge in [-0.15, -0.1) is 0 Å². The predicted octanol–water partition coefficient (Wildman–Crippen LogP) is 1.36. The fourth-order valence-electron chi connectivity index (χ4n) is 3.15. The van der Waals surface area contributed by atoms with E-state index in [0.717, 1.165) is 11.8 Å². The molecule has 11 heteroatoms. The normalized spacial score (nSPS) is 12.5. The minimum Gasteiger partial charge on any atom is -0.493 e. The van der Waals surface area contributed by atoms with Crippen LogP contribution in [0, 0.1) is 0 Å². The van der Waals surface area contributed by atoms with Gasteiger partial charge in [-0.1, -0.05) is 0 Å². The van der Waals surface area contributed by atoms with Gasteiger partial charge < -0.3 is 19.4 Å². The number of aryl methyl sites for hydroxylation is 1. The number of hydrogen-bond acceptors (Lipinski definition) is 8. The van der Waals surface area contributed by atoms with E-state index in [1.807, 2.05) is 6.07 Å². The minimum atomic E-state index is -3.36. The van der Waals surface area contributed by atoms with Crippen molar-refractivity contribution >= 4 is 26.7 Å². The zero-order valence-electron chi connectivity index (χ0n) is 18.0. The van der Waals surface area contributed by atoms with Crippen LogP contribution in [0.4, 0.5) is 5.82 Å². The minimum absolute atomic E-state index is 0.225. The number of pyridine rings is 1. The number of ether oxygens (including phenoxy) is 2. The lowest BCUT2D eigenvalue weighted by atomic mass is 10.1. The summed E-state index contributed by atoms with van der Waals surface area (Å²) in [5.41, 5.74) is 1.52. The van der Waals surface area contributed by atoms with E-state index in [0.29, 0.717) is 33.9 Å². The molecule has 10 nitrogen and oxygen atoms in total. The Balaban J connectivity index is 2.09. The molecule has 31 heavy (non-hydrogen) atoms. The van der Waals surface area contributed by atoms with Gasteiger partial charge in [0.05, 0.1) is 38.0 Å². The molecule has 0 aliphatic rings. The molecule has 3 rings (SSSR count). The number of anilines is 1. The highest BCUT2D eigenvalue weighted by atomic mass is 32.2. The number of hydrogen-bond donors (Lipinski definition) is 2. The van der Waals surface area contributed by atoms with Gasteiger partial charge in [-0.2, -0.15) is 0 Å². The van der Waals surface area contributed by atoms with Gasteiger partial charge in [0.2, 0.25) is 10.0 Å². The van der Waals surface area contributed by atoms with Gasteiger partial charge in [0.1, 0.15) is 11.2 Å². The first kappa shape index (κ1) is 22.5. The SMILES string of the molecule is COc1ccc(-c2cc3ncn(C)c(=O)c3c(NCC(C)NS(C)(=O)=O)n2)cc1OC. The zero-order valence-corrected chi connectivity index (χ0v) is 18.8. The molecule has 0 amide bonds. The van der Waals surface area contributed by atoms with E-state index in [4.69, 9.17) is 9.47 Å². The van der Waals surface area contributed by atoms with E-state index in [2.05, 4.69) is 20.0 Å². The van der Waals surface area contributed by atoms with Gasteiger partial charge in [-0.25, -0.2) is 23.1 Å². The maximum atomic E-state index is 12.7. The van der Waals surface area contributed by atoms with Crippen molar-refractivity contribution in [3.8, 4) is 22.8 Å². The number of benzene rings is 1. The first-order chi connectivity index (χ1) is 14.6. The number of aromatic nitrogens is 3. The maximum absolute atomic E-state index is 12.7. The molecular formula is C20H25N5O5S. The van der Waals surface area contributed by atoms with Crippen LogP contribution in [0.5, 0.6) is 11.5 Å². The Morgan fingerprint density at radius 3 is 2.52 bits per heavy atom. The van der Waals surface area contributed by atoms with Crippen molar-refractivity contribution in [1.29, 1.82) is 0 Å². The van der Waals surface area contributed by atoms with Gasteiger partial charge in [-0.05, 0) is 31.2 Å². The summed E-state index contributed by atoms with van der Waals surface area (Å²) < 4.78 is 37.5. The summed E-state index contributed by atoms with van der Waals surface area (Å²) in [5, 5.41) is 3.41. The van der Waals surface area contributed by atoms with Crippen LogP contribution < -0.4 is 25.1 Å². The molecule has 1 aromatic carbocycles. The lowest BCUT2D eigenvalue weighted by Gasteiger charge is -2.16. The molecule has 166 valence electrons. The van der Waals surface area contributed by atoms with Crippen LogP contribution in [0.3, 0.4) is 0 Å². The second kappa shape index (κ2) is 8.90. The molecule has 3 aromatic rings. The number of rotatable bonds is 8. The largest absolute Gasteiger partial charge is 0.493 e. The number of nitrogens with one attached hydrogen (secondary N) is 2. The molecule has 0 spiro atoms. The Morgan fingerprint density at radius 1 is 1.16 bits per heavy atom. The Kier molecular flexibility index (Phi) is 6.46. The second-order valence-electron chi connectivity index (χ2n) is 7.15. The lowest BCUT2D eigenvalue weighted by Crippen LogP contribution is -2.37. The number of methoxy groups -OCH3 is 2. The third-order valence-corrected chi connectivity index (χ3v) is 5.40. The molecule has 0 radical (unpaired) electrons. The summed E-state index contributed by atoms with van der Waals surface area (Å²) in [5.74, 6) is 1.44. The third-order valence-electron chi connectivity index (χ3n) is 4.57. The van der Waals surface area contributed by atoms with Crippen molar-refractivity contribution in [2.45, 2.75) is 13.0 Å².